The summed E-state index contributed by atoms with van der Waals surface area (Å²) in [5.74, 6) is -1.50. The molecule has 3 nitrogen and oxygen atoms in total. The van der Waals surface area contributed by atoms with Crippen LogP contribution in [0.5, 0.6) is 0 Å². The van der Waals surface area contributed by atoms with Crippen molar-refractivity contribution in [2.24, 2.45) is 5.73 Å². The smallest absolute Gasteiger partial charge is 0.224 e. The van der Waals surface area contributed by atoms with Gasteiger partial charge < -0.3 is 11.1 Å². The van der Waals surface area contributed by atoms with Crippen molar-refractivity contribution < 1.29 is 13.6 Å². The molecule has 0 saturated carbocycles. The number of benzene rings is 1. The Morgan fingerprint density at radius 2 is 1.95 bits per heavy atom. The summed E-state index contributed by atoms with van der Waals surface area (Å²) in [7, 11) is 0. The van der Waals surface area contributed by atoms with Crippen molar-refractivity contribution in [1.82, 2.24) is 5.32 Å². The predicted octanol–water partition coefficient (Wildman–Crippen LogP) is 2.14. The van der Waals surface area contributed by atoms with Gasteiger partial charge in [-0.1, -0.05) is 13.8 Å². The van der Waals surface area contributed by atoms with Gasteiger partial charge in [-0.05, 0) is 31.0 Å². The summed E-state index contributed by atoms with van der Waals surface area (Å²) < 4.78 is 26.3. The fourth-order valence-corrected chi connectivity index (χ4v) is 1.69. The summed E-state index contributed by atoms with van der Waals surface area (Å²) in [5, 5.41) is 2.67. The molecule has 0 unspecified atom stereocenters. The highest BCUT2D eigenvalue weighted by Crippen LogP contribution is 2.12. The lowest BCUT2D eigenvalue weighted by Crippen LogP contribution is -2.49. The lowest BCUT2D eigenvalue weighted by molar-refractivity contribution is -0.120. The maximum absolute atomic E-state index is 13.4. The first kappa shape index (κ1) is 15.6. The van der Waals surface area contributed by atoms with Crippen molar-refractivity contribution in [3.8, 4) is 0 Å². The molecule has 19 heavy (non-hydrogen) atoms. The number of amides is 1. The van der Waals surface area contributed by atoms with Crippen LogP contribution in [0.2, 0.25) is 0 Å². The highest BCUT2D eigenvalue weighted by atomic mass is 19.1. The third-order valence-corrected chi connectivity index (χ3v) is 3.40. The van der Waals surface area contributed by atoms with E-state index in [0.717, 1.165) is 31.0 Å². The van der Waals surface area contributed by atoms with Gasteiger partial charge in [0, 0.05) is 17.6 Å². The maximum atomic E-state index is 13.4. The number of carbonyl (C=O) groups excluding carboxylic acids is 1. The summed E-state index contributed by atoms with van der Waals surface area (Å²) in [5.41, 5.74) is 5.64. The van der Waals surface area contributed by atoms with E-state index in [1.807, 2.05) is 13.8 Å². The molecule has 0 atom stereocenters. The molecule has 0 radical (unpaired) electrons. The van der Waals surface area contributed by atoms with Gasteiger partial charge in [-0.15, -0.1) is 0 Å². The van der Waals surface area contributed by atoms with E-state index in [1.54, 1.807) is 0 Å². The van der Waals surface area contributed by atoms with Crippen molar-refractivity contribution in [3.63, 3.8) is 0 Å². The Balaban J connectivity index is 2.58. The summed E-state index contributed by atoms with van der Waals surface area (Å²) >= 11 is 0. The van der Waals surface area contributed by atoms with E-state index in [-0.39, 0.29) is 17.9 Å². The van der Waals surface area contributed by atoms with Gasteiger partial charge in [0.05, 0.1) is 6.42 Å². The Morgan fingerprint density at radius 3 is 2.53 bits per heavy atom. The molecule has 0 saturated heterocycles. The standard InChI is InChI=1S/C14H20F2N2O/c1-3-14(17,4-2)9-18-13(19)8-10-7-11(15)5-6-12(10)16/h5-7H,3-4,8-9,17H2,1-2H3,(H,18,19). The van der Waals surface area contributed by atoms with Crippen LogP contribution < -0.4 is 11.1 Å². The van der Waals surface area contributed by atoms with Crippen LogP contribution in [0, 0.1) is 11.6 Å². The Kier molecular flexibility index (Phi) is 5.42. The van der Waals surface area contributed by atoms with E-state index in [1.165, 1.54) is 0 Å². The van der Waals surface area contributed by atoms with E-state index in [2.05, 4.69) is 5.32 Å². The van der Waals surface area contributed by atoms with Gasteiger partial charge in [-0.25, -0.2) is 8.78 Å². The molecule has 0 aromatic heterocycles. The largest absolute Gasteiger partial charge is 0.354 e. The molecule has 0 heterocycles. The first-order valence-electron chi connectivity index (χ1n) is 6.39. The predicted molar refractivity (Wildman–Crippen MR) is 70.6 cm³/mol. The van der Waals surface area contributed by atoms with Crippen LogP contribution >= 0.6 is 0 Å². The molecule has 1 rings (SSSR count). The first-order valence-corrected chi connectivity index (χ1v) is 6.39. The molecule has 0 aliphatic heterocycles. The topological polar surface area (TPSA) is 55.1 Å². The normalized spacial score (nSPS) is 11.4. The molecule has 5 heteroatoms. The minimum Gasteiger partial charge on any atom is -0.354 e. The Morgan fingerprint density at radius 1 is 1.32 bits per heavy atom. The van der Waals surface area contributed by atoms with Crippen LogP contribution in [0.3, 0.4) is 0 Å². The second-order valence-electron chi connectivity index (χ2n) is 4.76. The van der Waals surface area contributed by atoms with Crippen molar-refractivity contribution in [3.05, 3.63) is 35.4 Å². The van der Waals surface area contributed by atoms with Gasteiger partial charge in [-0.3, -0.25) is 4.79 Å². The quantitative estimate of drug-likeness (QED) is 0.832. The lowest BCUT2D eigenvalue weighted by Gasteiger charge is -2.26. The van der Waals surface area contributed by atoms with Gasteiger partial charge in [0.1, 0.15) is 11.6 Å². The maximum Gasteiger partial charge on any atom is 0.224 e. The van der Waals surface area contributed by atoms with Crippen molar-refractivity contribution in [2.75, 3.05) is 6.54 Å². The Labute approximate surface area is 112 Å². The highest BCUT2D eigenvalue weighted by Gasteiger charge is 2.21. The molecule has 0 fully saturated rings. The zero-order valence-corrected chi connectivity index (χ0v) is 11.3. The van der Waals surface area contributed by atoms with Gasteiger partial charge >= 0.3 is 0 Å². The average molecular weight is 270 g/mol. The van der Waals surface area contributed by atoms with E-state index in [4.69, 9.17) is 5.73 Å². The van der Waals surface area contributed by atoms with Gasteiger partial charge in [0.15, 0.2) is 0 Å². The number of rotatable bonds is 6. The zero-order valence-electron chi connectivity index (χ0n) is 11.3. The minimum atomic E-state index is -0.582. The van der Waals surface area contributed by atoms with Crippen molar-refractivity contribution in [2.45, 2.75) is 38.6 Å². The number of halogens is 2. The molecule has 0 spiro atoms. The number of nitrogens with one attached hydrogen (secondary N) is 1. The summed E-state index contributed by atoms with van der Waals surface area (Å²) in [6.45, 7) is 4.22. The van der Waals surface area contributed by atoms with Crippen molar-refractivity contribution >= 4 is 5.91 Å². The van der Waals surface area contributed by atoms with E-state index in [0.29, 0.717) is 6.54 Å². The summed E-state index contributed by atoms with van der Waals surface area (Å²) in [4.78, 5) is 11.7. The van der Waals surface area contributed by atoms with Crippen LogP contribution in [-0.2, 0) is 11.2 Å². The zero-order chi connectivity index (χ0) is 14.5. The molecule has 1 aromatic carbocycles. The molecule has 1 amide bonds. The van der Waals surface area contributed by atoms with Crippen LogP contribution in [0.25, 0.3) is 0 Å². The molecule has 3 N–H and O–H groups in total. The molecule has 1 aromatic rings. The molecule has 0 aliphatic carbocycles. The molecular weight excluding hydrogens is 250 g/mol. The summed E-state index contributed by atoms with van der Waals surface area (Å²) in [6, 6.07) is 3.07. The van der Waals surface area contributed by atoms with Gasteiger partial charge in [-0.2, -0.15) is 0 Å². The average Bonchev–Trinajstić information content (AvgIpc) is 2.40. The van der Waals surface area contributed by atoms with Gasteiger partial charge in [0.2, 0.25) is 5.91 Å². The third-order valence-electron chi connectivity index (χ3n) is 3.40. The van der Waals surface area contributed by atoms with Crippen molar-refractivity contribution in [1.29, 1.82) is 0 Å². The number of hydrogen-bond acceptors (Lipinski definition) is 2. The first-order chi connectivity index (χ1) is 8.90. The SMILES string of the molecule is CCC(N)(CC)CNC(=O)Cc1cc(F)ccc1F. The Hall–Kier alpha value is -1.49. The monoisotopic (exact) mass is 270 g/mol. The number of nitrogens with two attached hydrogens (primary N) is 1. The fourth-order valence-electron chi connectivity index (χ4n) is 1.69. The van der Waals surface area contributed by atoms with E-state index in [9.17, 15) is 13.6 Å². The molecule has 0 bridgehead atoms. The van der Waals surface area contributed by atoms with Gasteiger partial charge in [0.25, 0.3) is 0 Å². The molecular formula is C14H20F2N2O. The number of carbonyl (C=O) groups is 1. The number of hydrogen-bond donors (Lipinski definition) is 2. The molecule has 106 valence electrons. The van der Waals surface area contributed by atoms with E-state index < -0.39 is 17.2 Å². The van der Waals surface area contributed by atoms with Crippen LogP contribution in [-0.4, -0.2) is 18.0 Å². The third kappa shape index (κ3) is 4.59. The lowest BCUT2D eigenvalue weighted by atomic mass is 9.94. The Bertz CT molecular complexity index is 445. The van der Waals surface area contributed by atoms with Crippen LogP contribution in [0.1, 0.15) is 32.3 Å². The van der Waals surface area contributed by atoms with E-state index >= 15 is 0 Å². The highest BCUT2D eigenvalue weighted by molar-refractivity contribution is 5.78. The molecule has 0 aliphatic rings. The van der Waals surface area contributed by atoms with Crippen LogP contribution in [0.4, 0.5) is 8.78 Å². The fraction of sp³-hybridized carbons (Fsp3) is 0.500. The summed E-state index contributed by atoms with van der Waals surface area (Å²) in [6.07, 6.45) is 1.28. The minimum absolute atomic E-state index is 0.0492. The van der Waals surface area contributed by atoms with Crippen LogP contribution in [0.15, 0.2) is 18.2 Å². The second kappa shape index (κ2) is 6.61. The second-order valence-corrected chi connectivity index (χ2v) is 4.76.